The van der Waals surface area contributed by atoms with E-state index in [0.29, 0.717) is 12.3 Å². The van der Waals surface area contributed by atoms with Crippen LogP contribution in [0.2, 0.25) is 18.1 Å². The van der Waals surface area contributed by atoms with E-state index < -0.39 is 8.32 Å². The first kappa shape index (κ1) is 20.4. The predicted octanol–water partition coefficient (Wildman–Crippen LogP) is 5.90. The van der Waals surface area contributed by atoms with Crippen LogP contribution in [-0.4, -0.2) is 20.7 Å². The Balaban J connectivity index is 3.09. The maximum absolute atomic E-state index is 10.8. The standard InChI is InChI=1S/C20H36O2Si/c1-15-16(11-10-12-21)13-17(19(2,3)4)14-18(15)22-23(8,9)20(5,6)7/h11-12,17-18H,1,10,13-14H2,2-9H3/b16-11-/t17-,18-/m0/s1. The first-order valence-corrected chi connectivity index (χ1v) is 11.7. The lowest BCUT2D eigenvalue weighted by Crippen LogP contribution is -2.46. The molecule has 132 valence electrons. The molecule has 1 fully saturated rings. The zero-order valence-electron chi connectivity index (χ0n) is 16.5. The van der Waals surface area contributed by atoms with Gasteiger partial charge in [0.05, 0.1) is 6.10 Å². The summed E-state index contributed by atoms with van der Waals surface area (Å²) in [5.41, 5.74) is 2.56. The van der Waals surface area contributed by atoms with Crippen LogP contribution >= 0.6 is 0 Å². The molecule has 0 aliphatic heterocycles. The molecule has 0 radical (unpaired) electrons. The quantitative estimate of drug-likeness (QED) is 0.471. The molecule has 1 saturated carbocycles. The zero-order chi connectivity index (χ0) is 18.1. The molecule has 0 aromatic rings. The molecule has 1 rings (SSSR count). The van der Waals surface area contributed by atoms with Crippen LogP contribution in [0.25, 0.3) is 0 Å². The highest BCUT2D eigenvalue weighted by Gasteiger charge is 2.42. The Labute approximate surface area is 144 Å². The van der Waals surface area contributed by atoms with E-state index in [4.69, 9.17) is 4.43 Å². The molecular formula is C20H36O2Si. The summed E-state index contributed by atoms with van der Waals surface area (Å²) in [4.78, 5) is 10.8. The molecule has 2 nitrogen and oxygen atoms in total. The first-order valence-electron chi connectivity index (χ1n) is 8.79. The lowest BCUT2D eigenvalue weighted by molar-refractivity contribution is -0.107. The minimum Gasteiger partial charge on any atom is -0.410 e. The molecule has 0 aromatic heterocycles. The Morgan fingerprint density at radius 3 is 2.22 bits per heavy atom. The van der Waals surface area contributed by atoms with E-state index in [1.807, 2.05) is 0 Å². The van der Waals surface area contributed by atoms with Crippen LogP contribution < -0.4 is 0 Å². The lowest BCUT2D eigenvalue weighted by Gasteiger charge is -2.45. The van der Waals surface area contributed by atoms with Crippen molar-refractivity contribution in [2.45, 2.75) is 85.0 Å². The van der Waals surface area contributed by atoms with Crippen LogP contribution in [0, 0.1) is 11.3 Å². The second-order valence-corrected chi connectivity index (χ2v) is 14.3. The van der Waals surface area contributed by atoms with Gasteiger partial charge in [0.2, 0.25) is 0 Å². The van der Waals surface area contributed by atoms with Gasteiger partial charge in [-0.15, -0.1) is 0 Å². The van der Waals surface area contributed by atoms with E-state index in [-0.39, 0.29) is 16.6 Å². The van der Waals surface area contributed by atoms with Crippen molar-refractivity contribution in [3.8, 4) is 0 Å². The minimum atomic E-state index is -1.84. The fourth-order valence-electron chi connectivity index (χ4n) is 2.80. The second-order valence-electron chi connectivity index (χ2n) is 9.53. The Morgan fingerprint density at radius 1 is 1.22 bits per heavy atom. The lowest BCUT2D eigenvalue weighted by atomic mass is 9.68. The molecule has 0 unspecified atom stereocenters. The van der Waals surface area contributed by atoms with Gasteiger partial charge in [-0.25, -0.2) is 0 Å². The summed E-state index contributed by atoms with van der Waals surface area (Å²) in [6.07, 6.45) is 5.62. The molecule has 0 N–H and O–H groups in total. The highest BCUT2D eigenvalue weighted by Crippen LogP contribution is 2.46. The predicted molar refractivity (Wildman–Crippen MR) is 102 cm³/mol. The molecule has 1 aliphatic rings. The summed E-state index contributed by atoms with van der Waals surface area (Å²) < 4.78 is 6.70. The van der Waals surface area contributed by atoms with Crippen molar-refractivity contribution >= 4 is 14.6 Å². The van der Waals surface area contributed by atoms with Crippen molar-refractivity contribution in [1.29, 1.82) is 0 Å². The van der Waals surface area contributed by atoms with E-state index in [9.17, 15) is 4.79 Å². The number of hydrogen-bond acceptors (Lipinski definition) is 2. The smallest absolute Gasteiger partial charge is 0.192 e. The number of allylic oxidation sites excluding steroid dienone is 1. The zero-order valence-corrected chi connectivity index (χ0v) is 17.5. The molecule has 0 spiro atoms. The van der Waals surface area contributed by atoms with Gasteiger partial charge in [0.15, 0.2) is 8.32 Å². The van der Waals surface area contributed by atoms with Crippen LogP contribution in [0.3, 0.4) is 0 Å². The van der Waals surface area contributed by atoms with Gasteiger partial charge in [-0.05, 0) is 53.5 Å². The van der Waals surface area contributed by atoms with E-state index in [2.05, 4.69) is 67.3 Å². The molecule has 1 aliphatic carbocycles. The summed E-state index contributed by atoms with van der Waals surface area (Å²) in [7, 11) is -1.84. The summed E-state index contributed by atoms with van der Waals surface area (Å²) in [5.74, 6) is 0.556. The van der Waals surface area contributed by atoms with Crippen LogP contribution in [0.5, 0.6) is 0 Å². The average Bonchev–Trinajstić information content (AvgIpc) is 2.36. The molecule has 0 aromatic carbocycles. The maximum atomic E-state index is 10.8. The summed E-state index contributed by atoms with van der Waals surface area (Å²) in [6.45, 7) is 22.6. The molecular weight excluding hydrogens is 300 g/mol. The number of rotatable bonds is 4. The van der Waals surface area contributed by atoms with Gasteiger partial charge in [0.25, 0.3) is 0 Å². The fourth-order valence-corrected chi connectivity index (χ4v) is 4.11. The van der Waals surface area contributed by atoms with Gasteiger partial charge in [-0.1, -0.05) is 54.2 Å². The highest BCUT2D eigenvalue weighted by molar-refractivity contribution is 6.74. The Bertz CT molecular complexity index is 475. The van der Waals surface area contributed by atoms with Crippen molar-refractivity contribution in [3.05, 3.63) is 23.8 Å². The molecule has 0 bridgehead atoms. The van der Waals surface area contributed by atoms with Crippen molar-refractivity contribution in [2.24, 2.45) is 11.3 Å². The van der Waals surface area contributed by atoms with Gasteiger partial charge < -0.3 is 9.22 Å². The minimum absolute atomic E-state index is 0.0896. The number of carbonyl (C=O) groups is 1. The second kappa shape index (κ2) is 7.06. The fraction of sp³-hybridized carbons (Fsp3) is 0.750. The first-order chi connectivity index (χ1) is 10.3. The van der Waals surface area contributed by atoms with E-state index in [1.54, 1.807) is 0 Å². The third-order valence-corrected chi connectivity index (χ3v) is 10.2. The van der Waals surface area contributed by atoms with Gasteiger partial charge in [-0.2, -0.15) is 0 Å². The van der Waals surface area contributed by atoms with E-state index in [1.165, 1.54) is 5.57 Å². The van der Waals surface area contributed by atoms with Crippen LogP contribution in [0.1, 0.15) is 60.8 Å². The third kappa shape index (κ3) is 5.15. The van der Waals surface area contributed by atoms with Crippen molar-refractivity contribution in [2.75, 3.05) is 0 Å². The SMILES string of the molecule is C=C1/C(=C\CC=O)C[C@H](C(C)(C)C)C[C@@H]1O[Si](C)(C)C(C)(C)C. The molecule has 0 saturated heterocycles. The topological polar surface area (TPSA) is 26.3 Å². The van der Waals surface area contributed by atoms with Crippen LogP contribution in [-0.2, 0) is 9.22 Å². The average molecular weight is 337 g/mol. The summed E-state index contributed by atoms with van der Waals surface area (Å²) >= 11 is 0. The van der Waals surface area contributed by atoms with Crippen molar-refractivity contribution in [1.82, 2.24) is 0 Å². The number of hydrogen-bond donors (Lipinski definition) is 0. The van der Waals surface area contributed by atoms with Gasteiger partial charge >= 0.3 is 0 Å². The Hall–Kier alpha value is -0.673. The van der Waals surface area contributed by atoms with Crippen molar-refractivity contribution in [3.63, 3.8) is 0 Å². The number of aldehydes is 1. The third-order valence-electron chi connectivity index (χ3n) is 5.69. The maximum Gasteiger partial charge on any atom is 0.192 e. The highest BCUT2D eigenvalue weighted by atomic mass is 28.4. The van der Waals surface area contributed by atoms with Gasteiger partial charge in [-0.3, -0.25) is 0 Å². The molecule has 2 atom stereocenters. The van der Waals surface area contributed by atoms with E-state index in [0.717, 1.165) is 24.7 Å². The largest absolute Gasteiger partial charge is 0.410 e. The molecule has 3 heteroatoms. The van der Waals surface area contributed by atoms with Crippen LogP contribution in [0.15, 0.2) is 23.8 Å². The molecule has 0 amide bonds. The molecule has 23 heavy (non-hydrogen) atoms. The normalized spacial score (nSPS) is 25.7. The van der Waals surface area contributed by atoms with E-state index >= 15 is 0 Å². The Kier molecular flexibility index (Phi) is 6.25. The van der Waals surface area contributed by atoms with Gasteiger partial charge in [0.1, 0.15) is 6.29 Å². The summed E-state index contributed by atoms with van der Waals surface area (Å²) in [5, 5.41) is 0.189. The van der Waals surface area contributed by atoms with Gasteiger partial charge in [0, 0.05) is 6.42 Å². The summed E-state index contributed by atoms with van der Waals surface area (Å²) in [6, 6.07) is 0. The molecule has 0 heterocycles. The van der Waals surface area contributed by atoms with Crippen molar-refractivity contribution < 1.29 is 9.22 Å². The number of carbonyl (C=O) groups excluding carboxylic acids is 1. The van der Waals surface area contributed by atoms with Crippen LogP contribution in [0.4, 0.5) is 0 Å². The monoisotopic (exact) mass is 336 g/mol. The Morgan fingerprint density at radius 2 is 1.78 bits per heavy atom.